The lowest BCUT2D eigenvalue weighted by Crippen LogP contribution is -2.18. The SMILES string of the molecule is O=[N+]([O-])c1ccc2c(c1)N(Br)CCC2. The van der Waals surface area contributed by atoms with Crippen LogP contribution in [0, 0.1) is 10.1 Å². The fourth-order valence-corrected chi connectivity index (χ4v) is 2.21. The Morgan fingerprint density at radius 2 is 2.29 bits per heavy atom. The number of rotatable bonds is 1. The molecule has 74 valence electrons. The second-order valence-electron chi connectivity index (χ2n) is 3.26. The summed E-state index contributed by atoms with van der Waals surface area (Å²) in [6.45, 7) is 0.897. The zero-order valence-corrected chi connectivity index (χ0v) is 9.03. The molecule has 0 unspecified atom stereocenters. The van der Waals surface area contributed by atoms with Crippen molar-refractivity contribution in [1.29, 1.82) is 0 Å². The molecule has 0 atom stereocenters. The van der Waals surface area contributed by atoms with Crippen molar-refractivity contribution in [3.63, 3.8) is 0 Å². The molecule has 0 bridgehead atoms. The van der Waals surface area contributed by atoms with Crippen molar-refractivity contribution in [2.75, 3.05) is 10.5 Å². The van der Waals surface area contributed by atoms with E-state index in [0.717, 1.165) is 25.1 Å². The Hall–Kier alpha value is -1.10. The van der Waals surface area contributed by atoms with E-state index >= 15 is 0 Å². The molecule has 1 aliphatic rings. The summed E-state index contributed by atoms with van der Waals surface area (Å²) in [4.78, 5) is 10.2. The molecule has 0 aromatic heterocycles. The van der Waals surface area contributed by atoms with Crippen molar-refractivity contribution in [3.05, 3.63) is 33.9 Å². The Morgan fingerprint density at radius 1 is 1.50 bits per heavy atom. The molecule has 5 heteroatoms. The van der Waals surface area contributed by atoms with Gasteiger partial charge >= 0.3 is 0 Å². The number of fused-ring (bicyclic) bond motifs is 1. The van der Waals surface area contributed by atoms with Crippen molar-refractivity contribution >= 4 is 27.5 Å². The van der Waals surface area contributed by atoms with E-state index in [1.807, 2.05) is 9.99 Å². The van der Waals surface area contributed by atoms with Gasteiger partial charge in [0.25, 0.3) is 5.69 Å². The molecule has 1 aromatic rings. The second kappa shape index (κ2) is 3.57. The summed E-state index contributed by atoms with van der Waals surface area (Å²) in [5.74, 6) is 0. The van der Waals surface area contributed by atoms with E-state index in [1.54, 1.807) is 12.1 Å². The smallest absolute Gasteiger partial charge is 0.271 e. The number of non-ortho nitro benzene ring substituents is 1. The van der Waals surface area contributed by atoms with Gasteiger partial charge in [0.2, 0.25) is 0 Å². The van der Waals surface area contributed by atoms with Gasteiger partial charge in [-0.1, -0.05) is 6.07 Å². The van der Waals surface area contributed by atoms with Gasteiger partial charge in [-0.3, -0.25) is 10.1 Å². The first-order valence-electron chi connectivity index (χ1n) is 4.39. The van der Waals surface area contributed by atoms with Crippen molar-refractivity contribution in [2.45, 2.75) is 12.8 Å². The summed E-state index contributed by atoms with van der Waals surface area (Å²) in [5.41, 5.74) is 2.24. The number of nitro benzene ring substituents is 1. The Kier molecular flexibility index (Phi) is 2.41. The molecule has 0 spiro atoms. The topological polar surface area (TPSA) is 46.4 Å². The summed E-state index contributed by atoms with van der Waals surface area (Å²) in [6, 6.07) is 5.01. The zero-order chi connectivity index (χ0) is 10.1. The number of nitro groups is 1. The van der Waals surface area contributed by atoms with Crippen molar-refractivity contribution in [3.8, 4) is 0 Å². The highest BCUT2D eigenvalue weighted by Gasteiger charge is 2.18. The van der Waals surface area contributed by atoms with Crippen molar-refractivity contribution in [1.82, 2.24) is 0 Å². The monoisotopic (exact) mass is 256 g/mol. The average Bonchev–Trinajstić information content (AvgIpc) is 2.18. The van der Waals surface area contributed by atoms with Crippen LogP contribution in [-0.2, 0) is 6.42 Å². The van der Waals surface area contributed by atoms with Gasteiger partial charge in [-0.15, -0.1) is 0 Å². The minimum atomic E-state index is -0.365. The van der Waals surface area contributed by atoms with E-state index in [4.69, 9.17) is 0 Å². The third-order valence-corrected chi connectivity index (χ3v) is 3.08. The molecule has 0 saturated heterocycles. The minimum absolute atomic E-state index is 0.148. The fourth-order valence-electron chi connectivity index (χ4n) is 1.63. The normalized spacial score (nSPS) is 15.1. The molecule has 1 aliphatic heterocycles. The highest BCUT2D eigenvalue weighted by atomic mass is 79.9. The van der Waals surface area contributed by atoms with Crippen LogP contribution < -0.4 is 3.93 Å². The number of anilines is 1. The number of hydrogen-bond donors (Lipinski definition) is 0. The minimum Gasteiger partial charge on any atom is -0.308 e. The van der Waals surface area contributed by atoms with Gasteiger partial charge in [0.1, 0.15) is 0 Å². The lowest BCUT2D eigenvalue weighted by molar-refractivity contribution is -0.384. The number of nitrogens with zero attached hydrogens (tertiary/aromatic N) is 2. The van der Waals surface area contributed by atoms with Crippen LogP contribution in [0.1, 0.15) is 12.0 Å². The van der Waals surface area contributed by atoms with Crippen molar-refractivity contribution in [2.24, 2.45) is 0 Å². The summed E-state index contributed by atoms with van der Waals surface area (Å²) < 4.78 is 1.89. The van der Waals surface area contributed by atoms with Gasteiger partial charge in [0, 0.05) is 34.8 Å². The van der Waals surface area contributed by atoms with Crippen LogP contribution in [-0.4, -0.2) is 11.5 Å². The summed E-state index contributed by atoms with van der Waals surface area (Å²) in [7, 11) is 0. The van der Waals surface area contributed by atoms with Gasteiger partial charge in [0.05, 0.1) is 10.6 Å². The lowest BCUT2D eigenvalue weighted by Gasteiger charge is -2.24. The molecule has 4 nitrogen and oxygen atoms in total. The van der Waals surface area contributed by atoms with Gasteiger partial charge in [0.15, 0.2) is 0 Å². The van der Waals surface area contributed by atoms with Gasteiger partial charge < -0.3 is 3.93 Å². The molecule has 0 saturated carbocycles. The predicted octanol–water partition coefficient (Wildman–Crippen LogP) is 2.66. The second-order valence-corrected chi connectivity index (χ2v) is 4.12. The quantitative estimate of drug-likeness (QED) is 0.441. The third-order valence-electron chi connectivity index (χ3n) is 2.34. The lowest BCUT2D eigenvalue weighted by atomic mass is 10.0. The molecule has 2 rings (SSSR count). The summed E-state index contributed by atoms with van der Waals surface area (Å²) in [6.07, 6.45) is 2.07. The average molecular weight is 257 g/mol. The molecule has 1 heterocycles. The van der Waals surface area contributed by atoms with Gasteiger partial charge in [-0.2, -0.15) is 0 Å². The predicted molar refractivity (Wildman–Crippen MR) is 57.7 cm³/mol. The zero-order valence-electron chi connectivity index (χ0n) is 7.44. The van der Waals surface area contributed by atoms with Crippen LogP contribution in [0.15, 0.2) is 18.2 Å². The van der Waals surface area contributed by atoms with Crippen LogP contribution in [0.2, 0.25) is 0 Å². The van der Waals surface area contributed by atoms with E-state index in [-0.39, 0.29) is 10.6 Å². The van der Waals surface area contributed by atoms with E-state index in [2.05, 4.69) is 16.1 Å². The molecule has 14 heavy (non-hydrogen) atoms. The van der Waals surface area contributed by atoms with Crippen LogP contribution in [0.25, 0.3) is 0 Å². The summed E-state index contributed by atoms with van der Waals surface area (Å²) in [5, 5.41) is 10.6. The Bertz CT molecular complexity index is 381. The van der Waals surface area contributed by atoms with E-state index in [0.29, 0.717) is 0 Å². The number of aryl methyl sites for hydroxylation is 1. The Labute approximate surface area is 90.0 Å². The van der Waals surface area contributed by atoms with Crippen LogP contribution >= 0.6 is 16.1 Å². The first-order valence-corrected chi connectivity index (χ1v) is 5.10. The molecule has 0 radical (unpaired) electrons. The van der Waals surface area contributed by atoms with E-state index in [1.165, 1.54) is 5.56 Å². The maximum atomic E-state index is 10.6. The molecular weight excluding hydrogens is 248 g/mol. The highest BCUT2D eigenvalue weighted by Crippen LogP contribution is 2.32. The number of halogens is 1. The molecule has 0 N–H and O–H groups in total. The highest BCUT2D eigenvalue weighted by molar-refractivity contribution is 9.10. The van der Waals surface area contributed by atoms with Crippen LogP contribution in [0.3, 0.4) is 0 Å². The van der Waals surface area contributed by atoms with E-state index < -0.39 is 0 Å². The number of hydrogen-bond acceptors (Lipinski definition) is 3. The first kappa shape index (κ1) is 9.45. The van der Waals surface area contributed by atoms with Crippen LogP contribution in [0.5, 0.6) is 0 Å². The number of benzene rings is 1. The van der Waals surface area contributed by atoms with Gasteiger partial charge in [-0.25, -0.2) is 0 Å². The largest absolute Gasteiger partial charge is 0.308 e. The molecule has 0 fully saturated rings. The molecule has 0 aliphatic carbocycles. The van der Waals surface area contributed by atoms with Crippen molar-refractivity contribution < 1.29 is 4.92 Å². The summed E-state index contributed by atoms with van der Waals surface area (Å²) >= 11 is 3.38. The Morgan fingerprint density at radius 3 is 3.00 bits per heavy atom. The first-order chi connectivity index (χ1) is 6.68. The van der Waals surface area contributed by atoms with E-state index in [9.17, 15) is 10.1 Å². The maximum Gasteiger partial charge on any atom is 0.271 e. The third kappa shape index (κ3) is 1.59. The standard InChI is InChI=1S/C9H9BrN2O2/c10-11-5-1-2-7-3-4-8(12(13)14)6-9(7)11/h3-4,6H,1-2,5H2. The molecular formula is C9H9BrN2O2. The molecule has 1 aromatic carbocycles. The van der Waals surface area contributed by atoms with Crippen LogP contribution in [0.4, 0.5) is 11.4 Å². The van der Waals surface area contributed by atoms with Gasteiger partial charge in [-0.05, 0) is 18.4 Å². The fraction of sp³-hybridized carbons (Fsp3) is 0.333. The maximum absolute atomic E-state index is 10.6. The Balaban J connectivity index is 2.45. The molecule has 0 amide bonds.